The number of nitrogens with zero attached hydrogens (tertiary/aromatic N) is 2. The Morgan fingerprint density at radius 3 is 2.10 bits per heavy atom. The van der Waals surface area contributed by atoms with Crippen LogP contribution in [0.4, 0.5) is 10.3 Å². The summed E-state index contributed by atoms with van der Waals surface area (Å²) < 4.78 is 12.9. The van der Waals surface area contributed by atoms with Gasteiger partial charge in [0.15, 0.2) is 0 Å². The van der Waals surface area contributed by atoms with Crippen molar-refractivity contribution in [3.63, 3.8) is 0 Å². The summed E-state index contributed by atoms with van der Waals surface area (Å²) in [6, 6.07) is 6.87. The van der Waals surface area contributed by atoms with E-state index in [9.17, 15) is 4.39 Å². The molecule has 0 saturated carbocycles. The van der Waals surface area contributed by atoms with Crippen molar-refractivity contribution in [1.29, 1.82) is 0 Å². The molecule has 1 aromatic heterocycles. The summed E-state index contributed by atoms with van der Waals surface area (Å²) in [4.78, 5) is 8.98. The molecule has 2 rings (SSSR count). The Balaban J connectivity index is 2.26. The van der Waals surface area contributed by atoms with Crippen LogP contribution in [0.3, 0.4) is 0 Å². The number of benzene rings is 1. The zero-order valence-corrected chi connectivity index (χ0v) is 12.4. The summed E-state index contributed by atoms with van der Waals surface area (Å²) in [6.07, 6.45) is 0.722. The van der Waals surface area contributed by atoms with Crippen LogP contribution in [0.5, 0.6) is 0 Å². The lowest BCUT2D eigenvalue weighted by molar-refractivity contribution is 0.627. The lowest BCUT2D eigenvalue weighted by Crippen LogP contribution is -2.14. The average molecular weight is 273 g/mol. The van der Waals surface area contributed by atoms with Crippen molar-refractivity contribution < 1.29 is 4.39 Å². The molecular formula is C16H20FN3. The van der Waals surface area contributed by atoms with Crippen molar-refractivity contribution in [3.05, 3.63) is 52.6 Å². The van der Waals surface area contributed by atoms with Crippen molar-refractivity contribution in [1.82, 2.24) is 9.97 Å². The Labute approximate surface area is 119 Å². The third-order valence-electron chi connectivity index (χ3n) is 3.13. The van der Waals surface area contributed by atoms with Gasteiger partial charge in [-0.3, -0.25) is 0 Å². The summed E-state index contributed by atoms with van der Waals surface area (Å²) in [5.41, 5.74) is 4.09. The number of halogens is 1. The van der Waals surface area contributed by atoms with Crippen LogP contribution in [-0.2, 0) is 6.42 Å². The summed E-state index contributed by atoms with van der Waals surface area (Å²) in [5, 5.41) is 3.21. The quantitative estimate of drug-likeness (QED) is 0.924. The van der Waals surface area contributed by atoms with E-state index in [1.54, 1.807) is 12.1 Å². The first kappa shape index (κ1) is 14.4. The molecule has 0 aliphatic carbocycles. The van der Waals surface area contributed by atoms with Gasteiger partial charge in [0, 0.05) is 23.9 Å². The maximum absolute atomic E-state index is 12.9. The van der Waals surface area contributed by atoms with Crippen molar-refractivity contribution in [2.45, 2.75) is 40.2 Å². The van der Waals surface area contributed by atoms with E-state index in [0.717, 1.165) is 28.9 Å². The van der Waals surface area contributed by atoms with Gasteiger partial charge < -0.3 is 5.32 Å². The Bertz CT molecular complexity index is 568. The molecule has 2 aromatic rings. The summed E-state index contributed by atoms with van der Waals surface area (Å²) in [6.45, 7) is 8.08. The van der Waals surface area contributed by atoms with Gasteiger partial charge in [0.1, 0.15) is 5.82 Å². The fraction of sp³-hybridized carbons (Fsp3) is 0.375. The second-order valence-electron chi connectivity index (χ2n) is 5.30. The highest BCUT2D eigenvalue weighted by atomic mass is 19.1. The van der Waals surface area contributed by atoms with E-state index in [4.69, 9.17) is 0 Å². The molecule has 0 saturated heterocycles. The van der Waals surface area contributed by atoms with Crippen LogP contribution in [-0.4, -0.2) is 16.0 Å². The normalized spacial score (nSPS) is 10.9. The van der Waals surface area contributed by atoms with E-state index in [2.05, 4.69) is 29.1 Å². The van der Waals surface area contributed by atoms with Gasteiger partial charge in [-0.25, -0.2) is 14.4 Å². The van der Waals surface area contributed by atoms with Crippen molar-refractivity contribution in [3.8, 4) is 0 Å². The lowest BCUT2D eigenvalue weighted by atomic mass is 10.0. The molecule has 0 amide bonds. The zero-order valence-electron chi connectivity index (χ0n) is 12.4. The third-order valence-corrected chi connectivity index (χ3v) is 3.13. The second-order valence-corrected chi connectivity index (χ2v) is 5.30. The van der Waals surface area contributed by atoms with Gasteiger partial charge >= 0.3 is 0 Å². The van der Waals surface area contributed by atoms with E-state index in [0.29, 0.717) is 12.0 Å². The van der Waals surface area contributed by atoms with Crippen LogP contribution >= 0.6 is 0 Å². The molecule has 1 heterocycles. The molecule has 106 valence electrons. The van der Waals surface area contributed by atoms with Gasteiger partial charge in [0.25, 0.3) is 0 Å². The van der Waals surface area contributed by atoms with Crippen LogP contribution in [0.15, 0.2) is 24.3 Å². The van der Waals surface area contributed by atoms with E-state index in [1.165, 1.54) is 12.1 Å². The lowest BCUT2D eigenvalue weighted by Gasteiger charge is -2.13. The van der Waals surface area contributed by atoms with E-state index in [1.807, 2.05) is 13.8 Å². The molecule has 0 unspecified atom stereocenters. The van der Waals surface area contributed by atoms with E-state index in [-0.39, 0.29) is 5.82 Å². The second kappa shape index (κ2) is 5.99. The minimum Gasteiger partial charge on any atom is -0.352 e. The summed E-state index contributed by atoms with van der Waals surface area (Å²) in [5.74, 6) is 0.452. The van der Waals surface area contributed by atoms with Crippen LogP contribution < -0.4 is 5.32 Å². The Hall–Kier alpha value is -1.97. The number of aromatic nitrogens is 2. The highest BCUT2D eigenvalue weighted by Gasteiger charge is 2.10. The molecule has 4 heteroatoms. The minimum atomic E-state index is -0.213. The standard InChI is InChI=1S/C16H20FN3/c1-10(2)18-16-19-11(3)15(12(4)20-16)9-13-5-7-14(17)8-6-13/h5-8,10H,9H2,1-4H3,(H,18,19,20). The van der Waals surface area contributed by atoms with Crippen molar-refractivity contribution in [2.75, 3.05) is 5.32 Å². The van der Waals surface area contributed by atoms with E-state index < -0.39 is 0 Å². The maximum atomic E-state index is 12.9. The fourth-order valence-corrected chi connectivity index (χ4v) is 2.12. The summed E-state index contributed by atoms with van der Waals surface area (Å²) in [7, 11) is 0. The molecule has 1 N–H and O–H groups in total. The van der Waals surface area contributed by atoms with Crippen LogP contribution in [0.1, 0.15) is 36.4 Å². The minimum absolute atomic E-state index is 0.213. The number of anilines is 1. The number of nitrogens with one attached hydrogen (secondary N) is 1. The van der Waals surface area contributed by atoms with Crippen LogP contribution in [0.2, 0.25) is 0 Å². The number of aryl methyl sites for hydroxylation is 2. The van der Waals surface area contributed by atoms with Gasteiger partial charge in [-0.2, -0.15) is 0 Å². The molecular weight excluding hydrogens is 253 g/mol. The number of hydrogen-bond donors (Lipinski definition) is 1. The molecule has 0 atom stereocenters. The van der Waals surface area contributed by atoms with Gasteiger partial charge in [0.05, 0.1) is 0 Å². The van der Waals surface area contributed by atoms with Gasteiger partial charge in [-0.05, 0) is 51.0 Å². The first-order valence-corrected chi connectivity index (χ1v) is 6.81. The fourth-order valence-electron chi connectivity index (χ4n) is 2.12. The molecule has 0 bridgehead atoms. The first-order valence-electron chi connectivity index (χ1n) is 6.81. The molecule has 0 fully saturated rings. The van der Waals surface area contributed by atoms with Gasteiger partial charge in [-0.1, -0.05) is 12.1 Å². The zero-order chi connectivity index (χ0) is 14.7. The monoisotopic (exact) mass is 273 g/mol. The Morgan fingerprint density at radius 1 is 1.05 bits per heavy atom. The largest absolute Gasteiger partial charge is 0.352 e. The average Bonchev–Trinajstić information content (AvgIpc) is 2.35. The topological polar surface area (TPSA) is 37.8 Å². The Kier molecular flexibility index (Phi) is 4.32. The molecule has 3 nitrogen and oxygen atoms in total. The van der Waals surface area contributed by atoms with Crippen molar-refractivity contribution in [2.24, 2.45) is 0 Å². The highest BCUT2D eigenvalue weighted by Crippen LogP contribution is 2.18. The summed E-state index contributed by atoms with van der Waals surface area (Å²) >= 11 is 0. The van der Waals surface area contributed by atoms with Gasteiger partial charge in [-0.15, -0.1) is 0 Å². The molecule has 0 aliphatic rings. The molecule has 0 aliphatic heterocycles. The predicted octanol–water partition coefficient (Wildman–Crippen LogP) is 3.64. The smallest absolute Gasteiger partial charge is 0.223 e. The number of hydrogen-bond acceptors (Lipinski definition) is 3. The predicted molar refractivity (Wildman–Crippen MR) is 79.5 cm³/mol. The highest BCUT2D eigenvalue weighted by molar-refractivity contribution is 5.37. The molecule has 20 heavy (non-hydrogen) atoms. The SMILES string of the molecule is Cc1nc(NC(C)C)nc(C)c1Cc1ccc(F)cc1. The molecule has 1 aromatic carbocycles. The maximum Gasteiger partial charge on any atom is 0.223 e. The van der Waals surface area contributed by atoms with Gasteiger partial charge in [0.2, 0.25) is 5.95 Å². The third kappa shape index (κ3) is 3.53. The Morgan fingerprint density at radius 2 is 1.60 bits per heavy atom. The number of rotatable bonds is 4. The first-order chi connectivity index (χ1) is 9.45. The van der Waals surface area contributed by atoms with Crippen LogP contribution in [0, 0.1) is 19.7 Å². The van der Waals surface area contributed by atoms with E-state index >= 15 is 0 Å². The molecule has 0 radical (unpaired) electrons. The van der Waals surface area contributed by atoms with Crippen molar-refractivity contribution >= 4 is 5.95 Å². The van der Waals surface area contributed by atoms with Crippen LogP contribution in [0.25, 0.3) is 0 Å². The molecule has 0 spiro atoms.